The van der Waals surface area contributed by atoms with Crippen LogP contribution in [-0.4, -0.2) is 21.3 Å². The molecule has 0 aliphatic heterocycles. The first kappa shape index (κ1) is 13.5. The van der Waals surface area contributed by atoms with E-state index in [2.05, 4.69) is 0 Å². The number of fused-ring (bicyclic) bond motifs is 2. The molecule has 0 aromatic heterocycles. The Bertz CT molecular complexity index is 780. The monoisotopic (exact) mass is 296 g/mol. The summed E-state index contributed by atoms with van der Waals surface area (Å²) in [5.74, 6) is -1.30. The predicted molar refractivity (Wildman–Crippen MR) is 79.2 cm³/mol. The van der Waals surface area contributed by atoms with Crippen molar-refractivity contribution >= 4 is 5.97 Å². The van der Waals surface area contributed by atoms with Crippen LogP contribution in [0.2, 0.25) is 0 Å². The topological polar surface area (TPSA) is 77.8 Å². The van der Waals surface area contributed by atoms with Gasteiger partial charge in [0.2, 0.25) is 0 Å². The molecule has 2 aromatic carbocycles. The van der Waals surface area contributed by atoms with Gasteiger partial charge >= 0.3 is 5.97 Å². The maximum absolute atomic E-state index is 12.0. The Hall–Kier alpha value is -2.17. The molecule has 2 aromatic rings. The van der Waals surface area contributed by atoms with E-state index in [1.807, 2.05) is 30.3 Å². The number of carbonyl (C=O) groups is 1. The highest BCUT2D eigenvalue weighted by Crippen LogP contribution is 2.61. The van der Waals surface area contributed by atoms with Crippen molar-refractivity contribution < 1.29 is 20.1 Å². The SMILES string of the molecule is O=C(O)[C@@]1(O)c2ccccc2CC12Cc1ccccc1[C@@H]2O. The maximum Gasteiger partial charge on any atom is 0.341 e. The molecule has 2 aliphatic rings. The third-order valence-electron chi connectivity index (χ3n) is 5.32. The Labute approximate surface area is 127 Å². The van der Waals surface area contributed by atoms with Crippen LogP contribution in [0, 0.1) is 5.41 Å². The fourth-order valence-electron chi connectivity index (χ4n) is 4.27. The zero-order valence-electron chi connectivity index (χ0n) is 11.9. The minimum atomic E-state index is -2.08. The third-order valence-corrected chi connectivity index (χ3v) is 5.32. The van der Waals surface area contributed by atoms with Gasteiger partial charge in [-0.15, -0.1) is 0 Å². The lowest BCUT2D eigenvalue weighted by molar-refractivity contribution is -0.187. The van der Waals surface area contributed by atoms with Gasteiger partial charge in [0.1, 0.15) is 0 Å². The molecule has 3 atom stereocenters. The molecule has 3 N–H and O–H groups in total. The van der Waals surface area contributed by atoms with E-state index in [9.17, 15) is 20.1 Å². The normalized spacial score (nSPS) is 32.0. The summed E-state index contributed by atoms with van der Waals surface area (Å²) in [6.45, 7) is 0. The van der Waals surface area contributed by atoms with Crippen LogP contribution in [-0.2, 0) is 23.2 Å². The molecule has 4 heteroatoms. The van der Waals surface area contributed by atoms with E-state index in [1.165, 1.54) is 0 Å². The zero-order valence-corrected chi connectivity index (χ0v) is 11.9. The molecule has 0 bridgehead atoms. The van der Waals surface area contributed by atoms with Crippen molar-refractivity contribution in [2.45, 2.75) is 24.5 Å². The Morgan fingerprint density at radius 2 is 1.59 bits per heavy atom. The fourth-order valence-corrected chi connectivity index (χ4v) is 4.27. The van der Waals surface area contributed by atoms with E-state index in [-0.39, 0.29) is 0 Å². The van der Waals surface area contributed by atoms with Crippen LogP contribution in [0.3, 0.4) is 0 Å². The summed E-state index contributed by atoms with van der Waals surface area (Å²) in [7, 11) is 0. The number of hydrogen-bond donors (Lipinski definition) is 3. The number of benzene rings is 2. The maximum atomic E-state index is 12.0. The van der Waals surface area contributed by atoms with Crippen molar-refractivity contribution in [2.24, 2.45) is 5.41 Å². The van der Waals surface area contributed by atoms with Crippen LogP contribution in [0.15, 0.2) is 48.5 Å². The molecule has 0 fully saturated rings. The Kier molecular flexibility index (Phi) is 2.56. The Morgan fingerprint density at radius 3 is 2.27 bits per heavy atom. The van der Waals surface area contributed by atoms with Gasteiger partial charge in [0, 0.05) is 0 Å². The molecule has 4 nitrogen and oxygen atoms in total. The lowest BCUT2D eigenvalue weighted by Gasteiger charge is -2.39. The molecule has 0 radical (unpaired) electrons. The fraction of sp³-hybridized carbons (Fsp3) is 0.278. The zero-order chi connectivity index (χ0) is 15.5. The summed E-state index contributed by atoms with van der Waals surface area (Å²) in [5, 5.41) is 31.8. The second kappa shape index (κ2) is 4.18. The molecule has 1 unspecified atom stereocenters. The highest BCUT2D eigenvalue weighted by Gasteiger charge is 2.67. The van der Waals surface area contributed by atoms with E-state index < -0.39 is 23.1 Å². The summed E-state index contributed by atoms with van der Waals surface area (Å²) >= 11 is 0. The molecule has 1 spiro atoms. The molecule has 22 heavy (non-hydrogen) atoms. The van der Waals surface area contributed by atoms with Gasteiger partial charge in [-0.1, -0.05) is 48.5 Å². The molecule has 112 valence electrons. The van der Waals surface area contributed by atoms with Gasteiger partial charge < -0.3 is 15.3 Å². The van der Waals surface area contributed by atoms with Crippen molar-refractivity contribution in [3.63, 3.8) is 0 Å². The van der Waals surface area contributed by atoms with Crippen LogP contribution >= 0.6 is 0 Å². The number of aliphatic carboxylic acids is 1. The van der Waals surface area contributed by atoms with Crippen molar-refractivity contribution in [3.8, 4) is 0 Å². The van der Waals surface area contributed by atoms with E-state index in [4.69, 9.17) is 0 Å². The number of carboxylic acid groups (broad SMARTS) is 1. The lowest BCUT2D eigenvalue weighted by atomic mass is 9.68. The number of aliphatic hydroxyl groups is 2. The van der Waals surface area contributed by atoms with Gasteiger partial charge in [-0.25, -0.2) is 4.79 Å². The predicted octanol–water partition coefficient (Wildman–Crippen LogP) is 1.79. The summed E-state index contributed by atoms with van der Waals surface area (Å²) in [4.78, 5) is 12.0. The summed E-state index contributed by atoms with van der Waals surface area (Å²) in [6.07, 6.45) is -0.305. The standard InChI is InChI=1S/C18H16O4/c19-15-13-7-3-1-5-11(13)9-17(15)10-12-6-2-4-8-14(12)18(17,22)16(20)21/h1-8,15,19,22H,9-10H2,(H,20,21)/t15-,17?,18-/m0/s1. The lowest BCUT2D eigenvalue weighted by Crippen LogP contribution is -2.51. The van der Waals surface area contributed by atoms with E-state index >= 15 is 0 Å². The number of hydrogen-bond acceptors (Lipinski definition) is 3. The Balaban J connectivity index is 1.96. The first-order valence-corrected chi connectivity index (χ1v) is 7.31. The molecule has 2 aliphatic carbocycles. The van der Waals surface area contributed by atoms with Gasteiger partial charge in [0.25, 0.3) is 0 Å². The summed E-state index contributed by atoms with van der Waals surface area (Å²) in [5.41, 5.74) is -0.417. The van der Waals surface area contributed by atoms with Gasteiger partial charge in [-0.05, 0) is 35.1 Å². The largest absolute Gasteiger partial charge is 0.479 e. The number of carboxylic acids is 1. The summed E-state index contributed by atoms with van der Waals surface area (Å²) < 4.78 is 0. The third kappa shape index (κ3) is 1.36. The first-order chi connectivity index (χ1) is 10.5. The number of rotatable bonds is 1. The Morgan fingerprint density at radius 1 is 1.00 bits per heavy atom. The van der Waals surface area contributed by atoms with Crippen LogP contribution in [0.4, 0.5) is 0 Å². The minimum absolute atomic E-state index is 0.349. The molecule has 0 heterocycles. The van der Waals surface area contributed by atoms with Crippen LogP contribution in [0.1, 0.15) is 28.4 Å². The second-order valence-corrected chi connectivity index (χ2v) is 6.28. The van der Waals surface area contributed by atoms with Crippen LogP contribution in [0.5, 0.6) is 0 Å². The first-order valence-electron chi connectivity index (χ1n) is 7.31. The highest BCUT2D eigenvalue weighted by atomic mass is 16.4. The van der Waals surface area contributed by atoms with Gasteiger partial charge in [0.15, 0.2) is 5.60 Å². The molecule has 0 saturated carbocycles. The van der Waals surface area contributed by atoms with Crippen LogP contribution in [0.25, 0.3) is 0 Å². The quantitative estimate of drug-likeness (QED) is 0.750. The summed E-state index contributed by atoms with van der Waals surface area (Å²) in [6, 6.07) is 14.4. The van der Waals surface area contributed by atoms with E-state index in [0.717, 1.165) is 16.7 Å². The van der Waals surface area contributed by atoms with Crippen molar-refractivity contribution in [2.75, 3.05) is 0 Å². The average Bonchev–Trinajstić information content (AvgIpc) is 2.95. The highest BCUT2D eigenvalue weighted by molar-refractivity contribution is 5.83. The molecular weight excluding hydrogens is 280 g/mol. The minimum Gasteiger partial charge on any atom is -0.479 e. The van der Waals surface area contributed by atoms with Crippen LogP contribution < -0.4 is 0 Å². The smallest absolute Gasteiger partial charge is 0.341 e. The van der Waals surface area contributed by atoms with Gasteiger partial charge in [-0.3, -0.25) is 0 Å². The van der Waals surface area contributed by atoms with Crippen molar-refractivity contribution in [1.82, 2.24) is 0 Å². The van der Waals surface area contributed by atoms with Crippen molar-refractivity contribution in [1.29, 1.82) is 0 Å². The average molecular weight is 296 g/mol. The van der Waals surface area contributed by atoms with E-state index in [0.29, 0.717) is 18.4 Å². The molecule has 0 amide bonds. The second-order valence-electron chi connectivity index (χ2n) is 6.28. The molecule has 0 saturated heterocycles. The van der Waals surface area contributed by atoms with Crippen molar-refractivity contribution in [3.05, 3.63) is 70.8 Å². The number of aliphatic hydroxyl groups excluding tert-OH is 1. The molecular formula is C18H16O4. The van der Waals surface area contributed by atoms with Gasteiger partial charge in [0.05, 0.1) is 11.5 Å². The molecule has 4 rings (SSSR count). The van der Waals surface area contributed by atoms with Gasteiger partial charge in [-0.2, -0.15) is 0 Å². The van der Waals surface area contributed by atoms with E-state index in [1.54, 1.807) is 18.2 Å².